The Bertz CT molecular complexity index is 498. The molecule has 0 bridgehead atoms. The maximum absolute atomic E-state index is 11.9. The summed E-state index contributed by atoms with van der Waals surface area (Å²) in [6, 6.07) is 3.11. The number of anilines is 2. The summed E-state index contributed by atoms with van der Waals surface area (Å²) in [6.45, 7) is 6.21. The Hall–Kier alpha value is -1.46. The Morgan fingerprint density at radius 2 is 2.10 bits per heavy atom. The van der Waals surface area contributed by atoms with E-state index in [2.05, 4.69) is 0 Å². The van der Waals surface area contributed by atoms with E-state index in [4.69, 9.17) is 22.1 Å². The molecule has 0 aromatic heterocycles. The standard InChI is InChI=1S/C14H21ClN2O3/c1-5-17(8-14(2,3)19)12-10(13(18)20-4)6-9(16)7-11(12)15/h6-7,19H,5,8,16H2,1-4H3. The van der Waals surface area contributed by atoms with Gasteiger partial charge < -0.3 is 20.5 Å². The highest BCUT2D eigenvalue weighted by atomic mass is 35.5. The second kappa shape index (κ2) is 6.33. The molecule has 0 fully saturated rings. The number of aliphatic hydroxyl groups is 1. The van der Waals surface area contributed by atoms with Crippen LogP contribution >= 0.6 is 11.6 Å². The molecule has 1 rings (SSSR count). The van der Waals surface area contributed by atoms with E-state index in [1.807, 2.05) is 11.8 Å². The number of nitrogen functional groups attached to an aromatic ring is 1. The van der Waals surface area contributed by atoms with Crippen LogP contribution in [0.25, 0.3) is 0 Å². The normalized spacial score (nSPS) is 11.3. The number of hydrogen-bond donors (Lipinski definition) is 2. The number of carbonyl (C=O) groups is 1. The summed E-state index contributed by atoms with van der Waals surface area (Å²) < 4.78 is 4.77. The van der Waals surface area contributed by atoms with Crippen LogP contribution in [0.15, 0.2) is 12.1 Å². The Morgan fingerprint density at radius 1 is 1.50 bits per heavy atom. The molecule has 0 aliphatic rings. The summed E-state index contributed by atoms with van der Waals surface area (Å²) in [5.74, 6) is -0.511. The molecule has 0 radical (unpaired) electrons. The third-order valence-electron chi connectivity index (χ3n) is 2.77. The van der Waals surface area contributed by atoms with Crippen molar-refractivity contribution < 1.29 is 14.6 Å². The van der Waals surface area contributed by atoms with E-state index < -0.39 is 11.6 Å². The van der Waals surface area contributed by atoms with Crippen LogP contribution in [0.2, 0.25) is 5.02 Å². The van der Waals surface area contributed by atoms with Crippen LogP contribution in [0.3, 0.4) is 0 Å². The van der Waals surface area contributed by atoms with E-state index in [-0.39, 0.29) is 0 Å². The van der Waals surface area contributed by atoms with Gasteiger partial charge in [-0.05, 0) is 32.9 Å². The summed E-state index contributed by atoms with van der Waals surface area (Å²) in [5.41, 5.74) is 6.01. The molecule has 5 nitrogen and oxygen atoms in total. The fourth-order valence-electron chi connectivity index (χ4n) is 2.02. The molecule has 0 aliphatic heterocycles. The summed E-state index contributed by atoms with van der Waals surface area (Å²) in [4.78, 5) is 13.7. The topological polar surface area (TPSA) is 75.8 Å². The minimum absolute atomic E-state index is 0.295. The fourth-order valence-corrected chi connectivity index (χ4v) is 2.37. The zero-order valence-corrected chi connectivity index (χ0v) is 13.0. The number of nitrogens with two attached hydrogens (primary N) is 1. The van der Waals surface area contributed by atoms with Gasteiger partial charge in [0.25, 0.3) is 0 Å². The molecule has 0 aliphatic carbocycles. The van der Waals surface area contributed by atoms with Gasteiger partial charge in [-0.3, -0.25) is 0 Å². The van der Waals surface area contributed by atoms with Crippen molar-refractivity contribution in [1.29, 1.82) is 0 Å². The van der Waals surface area contributed by atoms with Gasteiger partial charge in [-0.1, -0.05) is 11.6 Å². The molecule has 3 N–H and O–H groups in total. The Labute approximate surface area is 124 Å². The van der Waals surface area contributed by atoms with Gasteiger partial charge in [-0.15, -0.1) is 0 Å². The van der Waals surface area contributed by atoms with Crippen LogP contribution in [-0.4, -0.2) is 36.9 Å². The molecule has 0 atom stereocenters. The zero-order valence-electron chi connectivity index (χ0n) is 12.2. The molecular formula is C14H21ClN2O3. The molecule has 0 saturated heterocycles. The fraction of sp³-hybridized carbons (Fsp3) is 0.500. The monoisotopic (exact) mass is 300 g/mol. The predicted octanol–water partition coefficient (Wildman–Crippen LogP) is 2.31. The Kier molecular flexibility index (Phi) is 5.25. The molecule has 0 spiro atoms. The number of nitrogens with zero attached hydrogens (tertiary/aromatic N) is 1. The molecule has 1 aromatic carbocycles. The zero-order chi connectivity index (χ0) is 15.5. The second-order valence-electron chi connectivity index (χ2n) is 5.22. The molecule has 20 heavy (non-hydrogen) atoms. The molecule has 0 unspecified atom stereocenters. The quantitative estimate of drug-likeness (QED) is 0.644. The third-order valence-corrected chi connectivity index (χ3v) is 3.05. The van der Waals surface area contributed by atoms with Gasteiger partial charge in [0.2, 0.25) is 0 Å². The van der Waals surface area contributed by atoms with Gasteiger partial charge in [0.15, 0.2) is 0 Å². The highest BCUT2D eigenvalue weighted by Crippen LogP contribution is 2.33. The maximum atomic E-state index is 11.9. The van der Waals surface area contributed by atoms with Crippen molar-refractivity contribution in [2.75, 3.05) is 30.8 Å². The van der Waals surface area contributed by atoms with Crippen molar-refractivity contribution in [1.82, 2.24) is 0 Å². The van der Waals surface area contributed by atoms with E-state index in [0.29, 0.717) is 35.1 Å². The van der Waals surface area contributed by atoms with Crippen LogP contribution in [0.1, 0.15) is 31.1 Å². The second-order valence-corrected chi connectivity index (χ2v) is 5.62. The molecule has 112 valence electrons. The van der Waals surface area contributed by atoms with Gasteiger partial charge in [0.05, 0.1) is 29.0 Å². The largest absolute Gasteiger partial charge is 0.465 e. The van der Waals surface area contributed by atoms with Gasteiger partial charge in [0.1, 0.15) is 0 Å². The van der Waals surface area contributed by atoms with E-state index in [1.54, 1.807) is 19.9 Å². The number of rotatable bonds is 5. The number of methoxy groups -OCH3 is 1. The molecule has 0 saturated carbocycles. The summed E-state index contributed by atoms with van der Waals surface area (Å²) in [6.07, 6.45) is 0. The lowest BCUT2D eigenvalue weighted by atomic mass is 10.1. The average molecular weight is 301 g/mol. The van der Waals surface area contributed by atoms with E-state index in [1.165, 1.54) is 13.2 Å². The molecule has 1 aromatic rings. The van der Waals surface area contributed by atoms with Crippen molar-refractivity contribution in [3.05, 3.63) is 22.7 Å². The number of ether oxygens (including phenoxy) is 1. The number of carbonyl (C=O) groups excluding carboxylic acids is 1. The van der Waals surface area contributed by atoms with Crippen LogP contribution in [-0.2, 0) is 4.74 Å². The lowest BCUT2D eigenvalue weighted by Crippen LogP contribution is -2.39. The van der Waals surface area contributed by atoms with Crippen LogP contribution in [0.4, 0.5) is 11.4 Å². The highest BCUT2D eigenvalue weighted by molar-refractivity contribution is 6.34. The van der Waals surface area contributed by atoms with E-state index >= 15 is 0 Å². The molecule has 6 heteroatoms. The maximum Gasteiger partial charge on any atom is 0.340 e. The van der Waals surface area contributed by atoms with Crippen molar-refractivity contribution >= 4 is 28.9 Å². The smallest absolute Gasteiger partial charge is 0.340 e. The summed E-state index contributed by atoms with van der Waals surface area (Å²) >= 11 is 6.23. The average Bonchev–Trinajstić information content (AvgIpc) is 2.33. The number of benzene rings is 1. The lowest BCUT2D eigenvalue weighted by Gasteiger charge is -2.31. The molecule has 0 amide bonds. The first-order valence-electron chi connectivity index (χ1n) is 6.34. The number of halogens is 1. The van der Waals surface area contributed by atoms with Crippen LogP contribution < -0.4 is 10.6 Å². The number of likely N-dealkylation sites (N-methyl/N-ethyl adjacent to an activating group) is 1. The first kappa shape index (κ1) is 16.6. The van der Waals surface area contributed by atoms with Gasteiger partial charge in [-0.25, -0.2) is 4.79 Å². The van der Waals surface area contributed by atoms with Crippen molar-refractivity contribution in [3.63, 3.8) is 0 Å². The molecule has 0 heterocycles. The van der Waals surface area contributed by atoms with E-state index in [9.17, 15) is 9.90 Å². The number of hydrogen-bond acceptors (Lipinski definition) is 5. The van der Waals surface area contributed by atoms with Crippen molar-refractivity contribution in [2.24, 2.45) is 0 Å². The first-order valence-corrected chi connectivity index (χ1v) is 6.72. The van der Waals surface area contributed by atoms with Crippen LogP contribution in [0.5, 0.6) is 0 Å². The minimum atomic E-state index is -0.923. The number of esters is 1. The predicted molar refractivity (Wildman–Crippen MR) is 81.4 cm³/mol. The first-order chi connectivity index (χ1) is 9.19. The van der Waals surface area contributed by atoms with Crippen molar-refractivity contribution in [2.45, 2.75) is 26.4 Å². The summed E-state index contributed by atoms with van der Waals surface area (Å²) in [5, 5.41) is 10.3. The van der Waals surface area contributed by atoms with Crippen LogP contribution in [0, 0.1) is 0 Å². The van der Waals surface area contributed by atoms with Gasteiger partial charge in [0, 0.05) is 18.8 Å². The Balaban J connectivity index is 3.36. The van der Waals surface area contributed by atoms with Crippen molar-refractivity contribution in [3.8, 4) is 0 Å². The minimum Gasteiger partial charge on any atom is -0.465 e. The highest BCUT2D eigenvalue weighted by Gasteiger charge is 2.24. The SMILES string of the molecule is CCN(CC(C)(C)O)c1c(Cl)cc(N)cc1C(=O)OC. The van der Waals surface area contributed by atoms with Gasteiger partial charge >= 0.3 is 5.97 Å². The summed E-state index contributed by atoms with van der Waals surface area (Å²) in [7, 11) is 1.30. The lowest BCUT2D eigenvalue weighted by molar-refractivity contribution is 0.0599. The van der Waals surface area contributed by atoms with E-state index in [0.717, 1.165) is 0 Å². The Morgan fingerprint density at radius 3 is 2.55 bits per heavy atom. The molecular weight excluding hydrogens is 280 g/mol. The third kappa shape index (κ3) is 4.02. The van der Waals surface area contributed by atoms with Gasteiger partial charge in [-0.2, -0.15) is 0 Å².